The molecule has 1 N–H and O–H groups in total. The van der Waals surface area contributed by atoms with Gasteiger partial charge in [-0.25, -0.2) is 0 Å². The molecule has 1 heterocycles. The molecule has 0 saturated heterocycles. The first-order valence-electron chi connectivity index (χ1n) is 10.6. The van der Waals surface area contributed by atoms with Crippen molar-refractivity contribution in [3.63, 3.8) is 0 Å². The maximum atomic E-state index is 12.6. The number of nitrogens with zero attached hydrogens (tertiary/aromatic N) is 3. The molecule has 0 radical (unpaired) electrons. The Labute approximate surface area is 176 Å². The van der Waals surface area contributed by atoms with Crippen molar-refractivity contribution in [1.29, 1.82) is 0 Å². The highest BCUT2D eigenvalue weighted by Crippen LogP contribution is 2.49. The van der Waals surface area contributed by atoms with Crippen LogP contribution < -0.4 is 5.32 Å². The molecule has 156 valence electrons. The Balaban J connectivity index is 1.37. The number of fused-ring (bicyclic) bond motifs is 2. The van der Waals surface area contributed by atoms with Gasteiger partial charge >= 0.3 is 0 Å². The lowest BCUT2D eigenvalue weighted by molar-refractivity contribution is -0.119. The van der Waals surface area contributed by atoms with Gasteiger partial charge in [-0.05, 0) is 43.9 Å². The summed E-state index contributed by atoms with van der Waals surface area (Å²) in [6.45, 7) is 3.39. The van der Waals surface area contributed by atoms with E-state index in [1.165, 1.54) is 37.4 Å². The molecule has 29 heavy (non-hydrogen) atoms. The third-order valence-electron chi connectivity index (χ3n) is 6.42. The molecular weight excluding hydrogens is 384 g/mol. The summed E-state index contributed by atoms with van der Waals surface area (Å²) in [6, 6.07) is 10.3. The number of aromatic nitrogens is 3. The van der Waals surface area contributed by atoms with Gasteiger partial charge in [-0.15, -0.1) is 10.2 Å². The molecule has 1 aromatic carbocycles. The van der Waals surface area contributed by atoms with Crippen molar-refractivity contribution in [2.45, 2.75) is 50.4 Å². The normalized spacial score (nSPS) is 24.0. The van der Waals surface area contributed by atoms with E-state index in [-0.39, 0.29) is 11.9 Å². The van der Waals surface area contributed by atoms with E-state index in [1.807, 2.05) is 34.9 Å². The first-order chi connectivity index (χ1) is 14.2. The van der Waals surface area contributed by atoms with Crippen molar-refractivity contribution in [3.05, 3.63) is 30.3 Å². The van der Waals surface area contributed by atoms with E-state index in [0.717, 1.165) is 28.4 Å². The molecule has 7 heteroatoms. The van der Waals surface area contributed by atoms with E-state index in [2.05, 4.69) is 22.4 Å². The molecule has 1 amide bonds. The van der Waals surface area contributed by atoms with Gasteiger partial charge in [-0.3, -0.25) is 9.36 Å². The molecule has 6 nitrogen and oxygen atoms in total. The number of hydrogen-bond acceptors (Lipinski definition) is 5. The largest absolute Gasteiger partial charge is 0.383 e. The summed E-state index contributed by atoms with van der Waals surface area (Å²) in [5.41, 5.74) is 1.01. The summed E-state index contributed by atoms with van der Waals surface area (Å²) < 4.78 is 7.29. The van der Waals surface area contributed by atoms with Gasteiger partial charge in [0, 0.05) is 18.7 Å². The van der Waals surface area contributed by atoms with E-state index in [4.69, 9.17) is 4.74 Å². The predicted octanol–water partition coefficient (Wildman–Crippen LogP) is 3.62. The van der Waals surface area contributed by atoms with Crippen LogP contribution in [0.4, 0.5) is 0 Å². The number of nitrogens with one attached hydrogen (secondary N) is 1. The first-order valence-corrected chi connectivity index (χ1v) is 11.5. The molecule has 0 unspecified atom stereocenters. The second-order valence-corrected chi connectivity index (χ2v) is 9.24. The number of hydrogen-bond donors (Lipinski definition) is 1. The summed E-state index contributed by atoms with van der Waals surface area (Å²) in [5, 5.41) is 12.7. The third kappa shape index (κ3) is 4.67. The molecule has 2 fully saturated rings. The van der Waals surface area contributed by atoms with Gasteiger partial charge in [0.15, 0.2) is 11.0 Å². The number of carbonyl (C=O) groups excluding carboxylic acids is 1. The van der Waals surface area contributed by atoms with E-state index < -0.39 is 0 Å². The van der Waals surface area contributed by atoms with Crippen LogP contribution in [0.3, 0.4) is 0 Å². The van der Waals surface area contributed by atoms with Crippen molar-refractivity contribution in [2.75, 3.05) is 19.5 Å². The highest BCUT2D eigenvalue weighted by atomic mass is 32.2. The number of benzene rings is 1. The zero-order valence-corrected chi connectivity index (χ0v) is 18.0. The smallest absolute Gasteiger partial charge is 0.230 e. The standard InChI is InChI=1S/C22H30N4O2S/c1-15(19-13-16-8-9-18(19)12-16)23-20(27)14-29-22-25-24-21(26(22)10-11-28-2)17-6-4-3-5-7-17/h3-7,15-16,18-19H,8-14H2,1-2H3,(H,23,27)/t15-,16+,18+,19-/m0/s1. The molecule has 2 bridgehead atoms. The van der Waals surface area contributed by atoms with E-state index in [0.29, 0.717) is 24.8 Å². The molecule has 1 aromatic heterocycles. The molecule has 4 rings (SSSR count). The Bertz CT molecular complexity index is 825. The molecule has 2 aliphatic carbocycles. The minimum Gasteiger partial charge on any atom is -0.383 e. The van der Waals surface area contributed by atoms with Gasteiger partial charge < -0.3 is 10.1 Å². The third-order valence-corrected chi connectivity index (χ3v) is 7.39. The second-order valence-electron chi connectivity index (χ2n) is 8.30. The minimum absolute atomic E-state index is 0.0767. The molecular formula is C22H30N4O2S. The van der Waals surface area contributed by atoms with Crippen molar-refractivity contribution < 1.29 is 9.53 Å². The number of rotatable bonds is 9. The zero-order valence-electron chi connectivity index (χ0n) is 17.2. The maximum absolute atomic E-state index is 12.6. The summed E-state index contributed by atoms with van der Waals surface area (Å²) in [4.78, 5) is 12.6. The summed E-state index contributed by atoms with van der Waals surface area (Å²) in [7, 11) is 1.68. The second kappa shape index (κ2) is 9.30. The Morgan fingerprint density at radius 2 is 2.10 bits per heavy atom. The Morgan fingerprint density at radius 1 is 1.28 bits per heavy atom. The van der Waals surface area contributed by atoms with Crippen LogP contribution in [0.2, 0.25) is 0 Å². The monoisotopic (exact) mass is 414 g/mol. The molecule has 2 aromatic rings. The van der Waals surface area contributed by atoms with Crippen molar-refractivity contribution in [2.24, 2.45) is 17.8 Å². The zero-order chi connectivity index (χ0) is 20.2. The Kier molecular flexibility index (Phi) is 6.55. The Morgan fingerprint density at radius 3 is 2.79 bits per heavy atom. The SMILES string of the molecule is COCCn1c(SCC(=O)N[C@@H](C)[C@@H]2C[C@@H]3CC[C@@H]2C3)nnc1-c1ccccc1. The van der Waals surface area contributed by atoms with Crippen LogP contribution in [0.5, 0.6) is 0 Å². The summed E-state index contributed by atoms with van der Waals surface area (Å²) >= 11 is 1.44. The lowest BCUT2D eigenvalue weighted by Crippen LogP contribution is -2.40. The first kappa shape index (κ1) is 20.4. The minimum atomic E-state index is 0.0767. The number of thioether (sulfide) groups is 1. The van der Waals surface area contributed by atoms with Gasteiger partial charge in [0.1, 0.15) is 0 Å². The number of methoxy groups -OCH3 is 1. The van der Waals surface area contributed by atoms with Crippen LogP contribution >= 0.6 is 11.8 Å². The van der Waals surface area contributed by atoms with E-state index in [1.54, 1.807) is 7.11 Å². The number of carbonyl (C=O) groups is 1. The Hall–Kier alpha value is -1.86. The topological polar surface area (TPSA) is 69.0 Å². The van der Waals surface area contributed by atoms with Crippen molar-refractivity contribution in [3.8, 4) is 11.4 Å². The van der Waals surface area contributed by atoms with Gasteiger partial charge in [0.25, 0.3) is 0 Å². The lowest BCUT2D eigenvalue weighted by Gasteiger charge is -2.28. The van der Waals surface area contributed by atoms with Crippen LogP contribution in [0.1, 0.15) is 32.6 Å². The molecule has 2 aliphatic rings. The van der Waals surface area contributed by atoms with E-state index in [9.17, 15) is 4.79 Å². The molecule has 0 spiro atoms. The van der Waals surface area contributed by atoms with Crippen molar-refractivity contribution >= 4 is 17.7 Å². The van der Waals surface area contributed by atoms with Crippen LogP contribution in [0, 0.1) is 17.8 Å². The van der Waals surface area contributed by atoms with Gasteiger partial charge in [0.2, 0.25) is 5.91 Å². The highest BCUT2D eigenvalue weighted by Gasteiger charge is 2.42. The quantitative estimate of drug-likeness (QED) is 0.635. The fraction of sp³-hybridized carbons (Fsp3) is 0.591. The van der Waals surface area contributed by atoms with Crippen LogP contribution in [0.25, 0.3) is 11.4 Å². The van der Waals surface area contributed by atoms with Gasteiger partial charge in [0.05, 0.1) is 18.9 Å². The molecule has 0 aliphatic heterocycles. The average molecular weight is 415 g/mol. The fourth-order valence-electron chi connectivity index (χ4n) is 5.02. The van der Waals surface area contributed by atoms with Gasteiger partial charge in [-0.2, -0.15) is 0 Å². The maximum Gasteiger partial charge on any atom is 0.230 e. The molecule has 2 saturated carbocycles. The van der Waals surface area contributed by atoms with Gasteiger partial charge in [-0.1, -0.05) is 48.5 Å². The fourth-order valence-corrected chi connectivity index (χ4v) is 5.80. The summed E-state index contributed by atoms with van der Waals surface area (Å²) in [5.74, 6) is 3.60. The van der Waals surface area contributed by atoms with Crippen LogP contribution in [-0.4, -0.2) is 46.2 Å². The average Bonchev–Trinajstić information content (AvgIpc) is 3.47. The lowest BCUT2D eigenvalue weighted by atomic mass is 9.84. The van der Waals surface area contributed by atoms with Crippen LogP contribution in [-0.2, 0) is 16.1 Å². The van der Waals surface area contributed by atoms with Crippen LogP contribution in [0.15, 0.2) is 35.5 Å². The number of amides is 1. The summed E-state index contributed by atoms with van der Waals surface area (Å²) in [6.07, 6.45) is 5.38. The van der Waals surface area contributed by atoms with Crippen molar-refractivity contribution in [1.82, 2.24) is 20.1 Å². The van der Waals surface area contributed by atoms with E-state index >= 15 is 0 Å². The predicted molar refractivity (Wildman–Crippen MR) is 115 cm³/mol. The number of ether oxygens (including phenoxy) is 1. The molecule has 4 atom stereocenters. The highest BCUT2D eigenvalue weighted by molar-refractivity contribution is 7.99.